The molecule has 5 nitrogen and oxygen atoms in total. The van der Waals surface area contributed by atoms with Crippen LogP contribution in [0.5, 0.6) is 5.75 Å². The number of benzene rings is 2. The molecule has 0 bridgehead atoms. The summed E-state index contributed by atoms with van der Waals surface area (Å²) in [4.78, 5) is 14.2. The van der Waals surface area contributed by atoms with E-state index in [0.29, 0.717) is 31.4 Å². The van der Waals surface area contributed by atoms with Crippen molar-refractivity contribution in [2.24, 2.45) is 11.7 Å². The van der Waals surface area contributed by atoms with E-state index in [9.17, 15) is 9.18 Å². The first-order valence-electron chi connectivity index (χ1n) is 11.2. The highest BCUT2D eigenvalue weighted by atomic mass is 19.1. The summed E-state index contributed by atoms with van der Waals surface area (Å²) in [5.41, 5.74) is 7.41. The average Bonchev–Trinajstić information content (AvgIpc) is 2.79. The van der Waals surface area contributed by atoms with Crippen molar-refractivity contribution in [1.82, 2.24) is 4.90 Å². The zero-order valence-corrected chi connectivity index (χ0v) is 17.8. The van der Waals surface area contributed by atoms with E-state index in [1.54, 1.807) is 29.2 Å². The van der Waals surface area contributed by atoms with Gasteiger partial charge in [0, 0.05) is 25.0 Å². The van der Waals surface area contributed by atoms with Gasteiger partial charge in [0.1, 0.15) is 11.6 Å². The van der Waals surface area contributed by atoms with Gasteiger partial charge in [-0.3, -0.25) is 0 Å². The van der Waals surface area contributed by atoms with Crippen LogP contribution in [-0.4, -0.2) is 42.8 Å². The number of para-hydroxylation sites is 1. The molecule has 2 aliphatic rings. The maximum absolute atomic E-state index is 13.5. The fourth-order valence-electron chi connectivity index (χ4n) is 4.63. The first-order valence-corrected chi connectivity index (χ1v) is 11.2. The Morgan fingerprint density at radius 1 is 1.03 bits per heavy atom. The predicted octanol–water partition coefficient (Wildman–Crippen LogP) is 4.72. The molecule has 2 unspecified atom stereocenters. The Hall–Kier alpha value is -2.44. The Kier molecular flexibility index (Phi) is 7.20. The molecule has 1 aliphatic heterocycles. The van der Waals surface area contributed by atoms with Gasteiger partial charge < -0.3 is 20.1 Å². The number of halogens is 1. The van der Waals surface area contributed by atoms with E-state index in [1.165, 1.54) is 6.07 Å². The third-order valence-corrected chi connectivity index (χ3v) is 6.54. The SMILES string of the molecule is NC1CCN(C(=O)Oc2ccccc2)CC1COC1CCC(c2cccc(F)c2)CC1. The van der Waals surface area contributed by atoms with Gasteiger partial charge in [-0.15, -0.1) is 0 Å². The number of carbonyl (C=O) groups excluding carboxylic acids is 1. The standard InChI is InChI=1S/C25H31FN2O3/c26-21-6-4-5-19(15-21)18-9-11-22(12-10-18)30-17-20-16-28(14-13-24(20)27)25(29)31-23-7-2-1-3-8-23/h1-8,15,18,20,22,24H,9-14,16-17,27H2. The van der Waals surface area contributed by atoms with E-state index in [4.69, 9.17) is 15.2 Å². The van der Waals surface area contributed by atoms with E-state index in [0.717, 1.165) is 37.7 Å². The number of ether oxygens (including phenoxy) is 2. The maximum atomic E-state index is 13.5. The summed E-state index contributed by atoms with van der Waals surface area (Å²) in [7, 11) is 0. The Bertz CT molecular complexity index is 855. The Balaban J connectivity index is 1.24. The highest BCUT2D eigenvalue weighted by Gasteiger charge is 2.32. The number of rotatable bonds is 5. The van der Waals surface area contributed by atoms with Gasteiger partial charge in [-0.1, -0.05) is 30.3 Å². The maximum Gasteiger partial charge on any atom is 0.415 e. The van der Waals surface area contributed by atoms with E-state index in [1.807, 2.05) is 24.3 Å². The van der Waals surface area contributed by atoms with Crippen molar-refractivity contribution in [1.29, 1.82) is 0 Å². The van der Waals surface area contributed by atoms with E-state index in [2.05, 4.69) is 0 Å². The number of likely N-dealkylation sites (tertiary alicyclic amines) is 1. The van der Waals surface area contributed by atoms with Crippen LogP contribution in [0.4, 0.5) is 9.18 Å². The van der Waals surface area contributed by atoms with Crippen LogP contribution in [0.2, 0.25) is 0 Å². The topological polar surface area (TPSA) is 64.8 Å². The fraction of sp³-hybridized carbons (Fsp3) is 0.480. The fourth-order valence-corrected chi connectivity index (χ4v) is 4.63. The number of piperidine rings is 1. The van der Waals surface area contributed by atoms with Gasteiger partial charge in [0.25, 0.3) is 0 Å². The summed E-state index contributed by atoms with van der Waals surface area (Å²) >= 11 is 0. The molecule has 2 aromatic rings. The largest absolute Gasteiger partial charge is 0.415 e. The van der Waals surface area contributed by atoms with Gasteiger partial charge in [-0.25, -0.2) is 9.18 Å². The summed E-state index contributed by atoms with van der Waals surface area (Å²) in [5, 5.41) is 0. The summed E-state index contributed by atoms with van der Waals surface area (Å²) in [6, 6.07) is 16.1. The molecular weight excluding hydrogens is 395 g/mol. The zero-order chi connectivity index (χ0) is 21.6. The lowest BCUT2D eigenvalue weighted by molar-refractivity contribution is -0.0130. The minimum absolute atomic E-state index is 0.0180. The molecule has 4 rings (SSSR count). The van der Waals surface area contributed by atoms with Gasteiger partial charge in [-0.2, -0.15) is 0 Å². The monoisotopic (exact) mass is 426 g/mol. The van der Waals surface area contributed by atoms with Crippen molar-refractivity contribution in [2.45, 2.75) is 50.2 Å². The van der Waals surface area contributed by atoms with Crippen LogP contribution >= 0.6 is 0 Å². The minimum atomic E-state index is -0.335. The molecule has 1 saturated heterocycles. The molecule has 0 radical (unpaired) electrons. The summed E-state index contributed by atoms with van der Waals surface area (Å²) < 4.78 is 25.2. The lowest BCUT2D eigenvalue weighted by atomic mass is 9.82. The average molecular weight is 427 g/mol. The molecule has 2 atom stereocenters. The lowest BCUT2D eigenvalue weighted by Crippen LogP contribution is -2.51. The molecule has 31 heavy (non-hydrogen) atoms. The number of hydrogen-bond donors (Lipinski definition) is 1. The Labute approximate surface area is 183 Å². The number of nitrogens with zero attached hydrogens (tertiary/aromatic N) is 1. The minimum Gasteiger partial charge on any atom is -0.410 e. The van der Waals surface area contributed by atoms with E-state index in [-0.39, 0.29) is 30.0 Å². The van der Waals surface area contributed by atoms with E-state index < -0.39 is 0 Å². The molecule has 1 saturated carbocycles. The van der Waals surface area contributed by atoms with Gasteiger partial charge in [0.15, 0.2) is 0 Å². The molecule has 1 heterocycles. The van der Waals surface area contributed by atoms with E-state index >= 15 is 0 Å². The van der Waals surface area contributed by atoms with Gasteiger partial charge in [-0.05, 0) is 67.9 Å². The summed E-state index contributed by atoms with van der Waals surface area (Å²) in [6.07, 6.45) is 4.53. The second-order valence-electron chi connectivity index (χ2n) is 8.70. The van der Waals surface area contributed by atoms with Crippen LogP contribution in [0.1, 0.15) is 43.6 Å². The Morgan fingerprint density at radius 3 is 2.55 bits per heavy atom. The van der Waals surface area contributed by atoms with Crippen molar-refractivity contribution < 1.29 is 18.7 Å². The highest BCUT2D eigenvalue weighted by molar-refractivity contribution is 5.70. The van der Waals surface area contributed by atoms with Crippen molar-refractivity contribution in [3.05, 3.63) is 66.0 Å². The molecule has 6 heteroatoms. The molecule has 2 fully saturated rings. The molecule has 0 spiro atoms. The van der Waals surface area contributed by atoms with Gasteiger partial charge in [0.05, 0.1) is 12.7 Å². The molecule has 166 valence electrons. The van der Waals surface area contributed by atoms with Crippen LogP contribution < -0.4 is 10.5 Å². The normalized spacial score (nSPS) is 26.5. The highest BCUT2D eigenvalue weighted by Crippen LogP contribution is 2.34. The van der Waals surface area contributed by atoms with Crippen molar-refractivity contribution in [3.8, 4) is 5.75 Å². The Morgan fingerprint density at radius 2 is 1.81 bits per heavy atom. The summed E-state index contributed by atoms with van der Waals surface area (Å²) in [5.74, 6) is 0.872. The second kappa shape index (κ2) is 10.2. The number of amides is 1. The lowest BCUT2D eigenvalue weighted by Gasteiger charge is -2.37. The molecule has 0 aromatic heterocycles. The van der Waals surface area contributed by atoms with Crippen LogP contribution in [0.25, 0.3) is 0 Å². The quantitative estimate of drug-likeness (QED) is 0.752. The smallest absolute Gasteiger partial charge is 0.410 e. The van der Waals surface area contributed by atoms with Crippen LogP contribution in [0, 0.1) is 11.7 Å². The molecule has 1 amide bonds. The van der Waals surface area contributed by atoms with Crippen molar-refractivity contribution >= 4 is 6.09 Å². The number of hydrogen-bond acceptors (Lipinski definition) is 4. The zero-order valence-electron chi connectivity index (χ0n) is 17.8. The van der Waals surface area contributed by atoms with Crippen LogP contribution in [0.15, 0.2) is 54.6 Å². The van der Waals surface area contributed by atoms with Gasteiger partial charge >= 0.3 is 6.09 Å². The van der Waals surface area contributed by atoms with Crippen LogP contribution in [0.3, 0.4) is 0 Å². The molecular formula is C25H31FN2O3. The summed E-state index contributed by atoms with van der Waals surface area (Å²) in [6.45, 7) is 1.69. The van der Waals surface area contributed by atoms with Crippen molar-refractivity contribution in [3.63, 3.8) is 0 Å². The molecule has 1 aliphatic carbocycles. The number of nitrogens with two attached hydrogens (primary N) is 1. The number of carbonyl (C=O) groups is 1. The van der Waals surface area contributed by atoms with Crippen LogP contribution in [-0.2, 0) is 4.74 Å². The third kappa shape index (κ3) is 5.83. The molecule has 2 N–H and O–H groups in total. The first-order chi connectivity index (χ1) is 15.1. The third-order valence-electron chi connectivity index (χ3n) is 6.54. The molecule has 2 aromatic carbocycles. The van der Waals surface area contributed by atoms with Gasteiger partial charge in [0.2, 0.25) is 0 Å². The van der Waals surface area contributed by atoms with Crippen molar-refractivity contribution in [2.75, 3.05) is 19.7 Å². The first kappa shape index (κ1) is 21.8. The predicted molar refractivity (Wildman–Crippen MR) is 117 cm³/mol. The second-order valence-corrected chi connectivity index (χ2v) is 8.70.